The van der Waals surface area contributed by atoms with Crippen LogP contribution in [0.2, 0.25) is 0 Å². The van der Waals surface area contributed by atoms with E-state index >= 15 is 0 Å². The van der Waals surface area contributed by atoms with Crippen molar-refractivity contribution in [2.75, 3.05) is 13.2 Å². The third kappa shape index (κ3) is 6.23. The molecule has 0 saturated carbocycles. The van der Waals surface area contributed by atoms with Crippen LogP contribution in [-0.2, 0) is 19.6 Å². The summed E-state index contributed by atoms with van der Waals surface area (Å²) in [7, 11) is -3.71. The van der Waals surface area contributed by atoms with E-state index in [2.05, 4.69) is 4.72 Å². The number of carboxylic acid groups (broad SMARTS) is 1. The van der Waals surface area contributed by atoms with Gasteiger partial charge >= 0.3 is 5.97 Å². The van der Waals surface area contributed by atoms with Crippen LogP contribution in [0.25, 0.3) is 0 Å². The number of aliphatic carboxylic acids is 1. The minimum Gasteiger partial charge on any atom is -0.493 e. The van der Waals surface area contributed by atoms with Gasteiger partial charge in [-0.25, -0.2) is 13.1 Å². The summed E-state index contributed by atoms with van der Waals surface area (Å²) >= 11 is 0. The Morgan fingerprint density at radius 1 is 1.19 bits per heavy atom. The first-order valence-electron chi connectivity index (χ1n) is 6.04. The summed E-state index contributed by atoms with van der Waals surface area (Å²) < 4.78 is 31.1. The first-order chi connectivity index (χ1) is 9.81. The first-order valence-corrected chi connectivity index (χ1v) is 7.52. The molecule has 0 aromatic heterocycles. The van der Waals surface area contributed by atoms with Crippen LogP contribution in [0.5, 0.6) is 5.75 Å². The predicted molar refractivity (Wildman–Crippen MR) is 73.2 cm³/mol. The third-order valence-electron chi connectivity index (χ3n) is 2.38. The molecule has 0 atom stereocenters. The fraction of sp³-hybridized carbons (Fsp3) is 0.333. The van der Waals surface area contributed by atoms with E-state index in [1.165, 1.54) is 24.3 Å². The maximum absolute atomic E-state index is 11.8. The number of ether oxygens (including phenoxy) is 1. The number of carboxylic acids is 1. The molecule has 1 rings (SSSR count). The van der Waals surface area contributed by atoms with Crippen molar-refractivity contribution in [1.29, 1.82) is 0 Å². The Bertz CT molecular complexity index is 597. The van der Waals surface area contributed by atoms with E-state index in [4.69, 9.17) is 15.6 Å². The van der Waals surface area contributed by atoms with Crippen molar-refractivity contribution >= 4 is 21.9 Å². The Morgan fingerprint density at radius 3 is 2.33 bits per heavy atom. The van der Waals surface area contributed by atoms with E-state index in [1.54, 1.807) is 0 Å². The number of sulfonamides is 1. The van der Waals surface area contributed by atoms with Crippen LogP contribution in [0.3, 0.4) is 0 Å². The molecule has 1 aromatic carbocycles. The largest absolute Gasteiger partial charge is 0.493 e. The van der Waals surface area contributed by atoms with Gasteiger partial charge in [-0.15, -0.1) is 0 Å². The van der Waals surface area contributed by atoms with E-state index in [0.717, 1.165) is 0 Å². The topological polar surface area (TPSA) is 136 Å². The van der Waals surface area contributed by atoms with Crippen LogP contribution >= 0.6 is 0 Å². The van der Waals surface area contributed by atoms with E-state index in [1.807, 2.05) is 0 Å². The highest BCUT2D eigenvalue weighted by molar-refractivity contribution is 7.89. The van der Waals surface area contributed by atoms with Crippen LogP contribution < -0.4 is 15.2 Å². The highest BCUT2D eigenvalue weighted by Crippen LogP contribution is 2.16. The molecule has 116 valence electrons. The molecular weight excluding hydrogens is 300 g/mol. The fourth-order valence-corrected chi connectivity index (χ4v) is 2.39. The first kappa shape index (κ1) is 16.9. The average molecular weight is 316 g/mol. The second-order valence-electron chi connectivity index (χ2n) is 4.08. The quantitative estimate of drug-likeness (QED) is 0.572. The molecule has 21 heavy (non-hydrogen) atoms. The lowest BCUT2D eigenvalue weighted by molar-refractivity contribution is -0.137. The molecule has 0 unspecified atom stereocenters. The summed E-state index contributed by atoms with van der Waals surface area (Å²) in [6, 6.07) is 5.49. The summed E-state index contributed by atoms with van der Waals surface area (Å²) in [5.41, 5.74) is 4.92. The molecule has 4 N–H and O–H groups in total. The van der Waals surface area contributed by atoms with E-state index < -0.39 is 21.9 Å². The summed E-state index contributed by atoms with van der Waals surface area (Å²) in [5, 5.41) is 8.46. The lowest BCUT2D eigenvalue weighted by Gasteiger charge is -2.08. The number of nitrogens with two attached hydrogens (primary N) is 1. The van der Waals surface area contributed by atoms with Crippen molar-refractivity contribution in [3.63, 3.8) is 0 Å². The number of carbonyl (C=O) groups excluding carboxylic acids is 1. The molecule has 0 bridgehead atoms. The Kier molecular flexibility index (Phi) is 6.12. The molecule has 0 aliphatic carbocycles. The van der Waals surface area contributed by atoms with Crippen molar-refractivity contribution in [1.82, 2.24) is 4.72 Å². The van der Waals surface area contributed by atoms with E-state index in [9.17, 15) is 18.0 Å². The number of nitrogens with one attached hydrogen (secondary N) is 1. The van der Waals surface area contributed by atoms with Crippen molar-refractivity contribution in [3.8, 4) is 5.75 Å². The van der Waals surface area contributed by atoms with E-state index in [0.29, 0.717) is 5.75 Å². The van der Waals surface area contributed by atoms with Gasteiger partial charge in [-0.3, -0.25) is 9.59 Å². The van der Waals surface area contributed by atoms with Crippen molar-refractivity contribution < 1.29 is 27.9 Å². The molecular formula is C12H16N2O6S. The number of hydrogen-bond acceptors (Lipinski definition) is 5. The second kappa shape index (κ2) is 7.60. The van der Waals surface area contributed by atoms with Crippen molar-refractivity contribution in [2.24, 2.45) is 5.73 Å². The Balaban J connectivity index is 2.59. The minimum absolute atomic E-state index is 0.00169. The number of benzene rings is 1. The van der Waals surface area contributed by atoms with Gasteiger partial charge in [0.25, 0.3) is 0 Å². The average Bonchev–Trinajstić information content (AvgIpc) is 2.38. The fourth-order valence-electron chi connectivity index (χ4n) is 1.36. The molecule has 0 fully saturated rings. The smallest absolute Gasteiger partial charge is 0.306 e. The monoisotopic (exact) mass is 316 g/mol. The summed E-state index contributed by atoms with van der Waals surface area (Å²) in [4.78, 5) is 20.9. The van der Waals surface area contributed by atoms with Gasteiger partial charge in [-0.2, -0.15) is 0 Å². The van der Waals surface area contributed by atoms with Gasteiger partial charge in [-0.1, -0.05) is 0 Å². The van der Waals surface area contributed by atoms with Gasteiger partial charge in [0.1, 0.15) is 5.75 Å². The zero-order valence-electron chi connectivity index (χ0n) is 11.1. The van der Waals surface area contributed by atoms with Gasteiger partial charge in [-0.05, 0) is 24.3 Å². The second-order valence-corrected chi connectivity index (χ2v) is 5.84. The SMILES string of the molecule is NC(=O)CCNS(=O)(=O)c1ccc(OCCC(=O)O)cc1. The molecule has 9 heteroatoms. The zero-order valence-corrected chi connectivity index (χ0v) is 11.9. The van der Waals surface area contributed by atoms with Crippen LogP contribution in [0.4, 0.5) is 0 Å². The molecule has 0 aliphatic heterocycles. The molecule has 0 heterocycles. The maximum Gasteiger partial charge on any atom is 0.306 e. The Labute approximate surface area is 122 Å². The standard InChI is InChI=1S/C12H16N2O6S/c13-11(15)5-7-14-21(18,19)10-3-1-9(2-4-10)20-8-6-12(16)17/h1-4,14H,5-8H2,(H2,13,15)(H,16,17). The Hall–Kier alpha value is -2.13. The molecule has 0 radical (unpaired) electrons. The van der Waals surface area contributed by atoms with Gasteiger partial charge in [0.2, 0.25) is 15.9 Å². The number of hydrogen-bond donors (Lipinski definition) is 3. The maximum atomic E-state index is 11.8. The lowest BCUT2D eigenvalue weighted by atomic mass is 10.3. The minimum atomic E-state index is -3.71. The van der Waals surface area contributed by atoms with Gasteiger partial charge in [0, 0.05) is 13.0 Å². The van der Waals surface area contributed by atoms with Crippen LogP contribution in [0, 0.1) is 0 Å². The molecule has 8 nitrogen and oxygen atoms in total. The Morgan fingerprint density at radius 2 is 1.81 bits per heavy atom. The van der Waals surface area contributed by atoms with E-state index in [-0.39, 0.29) is 30.9 Å². The van der Waals surface area contributed by atoms with Gasteiger partial charge in [0.05, 0.1) is 17.9 Å². The molecule has 0 spiro atoms. The highest BCUT2D eigenvalue weighted by atomic mass is 32.2. The molecule has 1 aromatic rings. The van der Waals surface area contributed by atoms with Gasteiger partial charge < -0.3 is 15.6 Å². The molecule has 0 saturated heterocycles. The van der Waals surface area contributed by atoms with Crippen LogP contribution in [0.1, 0.15) is 12.8 Å². The molecule has 1 amide bonds. The summed E-state index contributed by atoms with van der Waals surface area (Å²) in [6.45, 7) is -0.0766. The zero-order chi connectivity index (χ0) is 15.9. The number of carbonyl (C=O) groups is 2. The summed E-state index contributed by atoms with van der Waals surface area (Å²) in [5.74, 6) is -1.21. The lowest BCUT2D eigenvalue weighted by Crippen LogP contribution is -2.28. The van der Waals surface area contributed by atoms with Gasteiger partial charge in [0.15, 0.2) is 0 Å². The summed E-state index contributed by atoms with van der Waals surface area (Å²) in [6.07, 6.45) is -0.232. The predicted octanol–water partition coefficient (Wildman–Crippen LogP) is -0.306. The molecule has 0 aliphatic rings. The van der Waals surface area contributed by atoms with Crippen LogP contribution in [-0.4, -0.2) is 38.6 Å². The van der Waals surface area contributed by atoms with Crippen LogP contribution in [0.15, 0.2) is 29.2 Å². The van der Waals surface area contributed by atoms with Crippen molar-refractivity contribution in [2.45, 2.75) is 17.7 Å². The highest BCUT2D eigenvalue weighted by Gasteiger charge is 2.13. The number of amides is 1. The number of primary amides is 1. The van der Waals surface area contributed by atoms with Crippen molar-refractivity contribution in [3.05, 3.63) is 24.3 Å². The normalized spacial score (nSPS) is 11.0. The number of rotatable bonds is 9. The third-order valence-corrected chi connectivity index (χ3v) is 3.86.